The zero-order valence-electron chi connectivity index (χ0n) is 8.10. The van der Waals surface area contributed by atoms with Gasteiger partial charge in [-0.15, -0.1) is 0 Å². The van der Waals surface area contributed by atoms with Crippen molar-refractivity contribution >= 4 is 11.6 Å². The predicted molar refractivity (Wildman–Crippen MR) is 56.8 cm³/mol. The molecule has 0 aliphatic carbocycles. The summed E-state index contributed by atoms with van der Waals surface area (Å²) in [6.07, 6.45) is 0.310. The van der Waals surface area contributed by atoms with Gasteiger partial charge in [-0.3, -0.25) is 16.1 Å². The Bertz CT molecular complexity index is 388. The first-order chi connectivity index (χ1) is 7.31. The highest BCUT2D eigenvalue weighted by Gasteiger charge is 2.23. The van der Waals surface area contributed by atoms with Crippen LogP contribution in [0.2, 0.25) is 0 Å². The molecule has 1 atom stereocenters. The minimum Gasteiger partial charge on any atom is -0.273 e. The third kappa shape index (κ3) is 2.03. The minimum absolute atomic E-state index is 0.127. The second-order valence-corrected chi connectivity index (χ2v) is 3.32. The van der Waals surface area contributed by atoms with Gasteiger partial charge in [0.05, 0.1) is 18.2 Å². The molecule has 15 heavy (non-hydrogen) atoms. The molecule has 4 N–H and O–H groups in total. The first kappa shape index (κ1) is 9.82. The smallest absolute Gasteiger partial charge is 0.242 e. The molecule has 1 heterocycles. The first-order valence-corrected chi connectivity index (χ1v) is 4.69. The van der Waals surface area contributed by atoms with Crippen LogP contribution in [0.5, 0.6) is 0 Å². The van der Waals surface area contributed by atoms with E-state index in [0.29, 0.717) is 6.42 Å². The number of carbonyl (C=O) groups excluding carboxylic acids is 1. The van der Waals surface area contributed by atoms with Gasteiger partial charge in [0.2, 0.25) is 5.91 Å². The molecule has 0 spiro atoms. The molecule has 1 aliphatic heterocycles. The second kappa shape index (κ2) is 4.20. The SMILES string of the molecule is NNC1CC(=O)NN=C1c1ccccc1. The van der Waals surface area contributed by atoms with Crippen LogP contribution >= 0.6 is 0 Å². The minimum atomic E-state index is -0.221. The van der Waals surface area contributed by atoms with Gasteiger partial charge in [0.1, 0.15) is 0 Å². The fourth-order valence-corrected chi connectivity index (χ4v) is 1.54. The van der Waals surface area contributed by atoms with E-state index in [2.05, 4.69) is 16.0 Å². The molecular formula is C10H12N4O. The van der Waals surface area contributed by atoms with Crippen LogP contribution in [0.15, 0.2) is 35.4 Å². The number of rotatable bonds is 2. The first-order valence-electron chi connectivity index (χ1n) is 4.69. The fraction of sp³-hybridized carbons (Fsp3) is 0.200. The van der Waals surface area contributed by atoms with Crippen molar-refractivity contribution in [1.82, 2.24) is 10.9 Å². The number of carbonyl (C=O) groups is 1. The number of hydrazine groups is 1. The average Bonchev–Trinajstić information content (AvgIpc) is 2.30. The van der Waals surface area contributed by atoms with Crippen LogP contribution in [0.25, 0.3) is 0 Å². The third-order valence-corrected chi connectivity index (χ3v) is 2.29. The molecule has 1 aliphatic rings. The Balaban J connectivity index is 2.31. The summed E-state index contributed by atoms with van der Waals surface area (Å²) < 4.78 is 0. The summed E-state index contributed by atoms with van der Waals surface area (Å²) >= 11 is 0. The van der Waals surface area contributed by atoms with Crippen LogP contribution in [-0.2, 0) is 4.79 Å². The molecule has 1 amide bonds. The number of hydrogen-bond acceptors (Lipinski definition) is 4. The topological polar surface area (TPSA) is 79.5 Å². The van der Waals surface area contributed by atoms with Crippen LogP contribution in [-0.4, -0.2) is 17.7 Å². The monoisotopic (exact) mass is 204 g/mol. The lowest BCUT2D eigenvalue weighted by atomic mass is 10.00. The van der Waals surface area contributed by atoms with Crippen LogP contribution < -0.4 is 16.7 Å². The van der Waals surface area contributed by atoms with Gasteiger partial charge in [0, 0.05) is 0 Å². The number of benzene rings is 1. The van der Waals surface area contributed by atoms with E-state index in [9.17, 15) is 4.79 Å². The lowest BCUT2D eigenvalue weighted by Gasteiger charge is -2.21. The Morgan fingerprint density at radius 1 is 1.40 bits per heavy atom. The Morgan fingerprint density at radius 2 is 2.13 bits per heavy atom. The number of nitrogens with two attached hydrogens (primary N) is 1. The van der Waals surface area contributed by atoms with Gasteiger partial charge in [-0.05, 0) is 5.56 Å². The normalized spacial score (nSPS) is 20.7. The van der Waals surface area contributed by atoms with E-state index >= 15 is 0 Å². The maximum Gasteiger partial charge on any atom is 0.242 e. The van der Waals surface area contributed by atoms with Crippen molar-refractivity contribution in [2.45, 2.75) is 12.5 Å². The van der Waals surface area contributed by atoms with E-state index in [1.165, 1.54) is 0 Å². The molecule has 1 aromatic carbocycles. The summed E-state index contributed by atoms with van der Waals surface area (Å²) in [5.41, 5.74) is 6.76. The van der Waals surface area contributed by atoms with E-state index in [1.54, 1.807) is 0 Å². The van der Waals surface area contributed by atoms with E-state index in [0.717, 1.165) is 11.3 Å². The lowest BCUT2D eigenvalue weighted by molar-refractivity contribution is -0.121. The average molecular weight is 204 g/mol. The molecule has 0 bridgehead atoms. The van der Waals surface area contributed by atoms with Gasteiger partial charge in [-0.1, -0.05) is 30.3 Å². The summed E-state index contributed by atoms with van der Waals surface area (Å²) in [7, 11) is 0. The maximum absolute atomic E-state index is 11.1. The van der Waals surface area contributed by atoms with Crippen molar-refractivity contribution in [3.63, 3.8) is 0 Å². The molecule has 0 saturated heterocycles. The zero-order valence-corrected chi connectivity index (χ0v) is 8.10. The predicted octanol–water partition coefficient (Wildman–Crippen LogP) is -0.257. The van der Waals surface area contributed by atoms with Crippen molar-refractivity contribution in [1.29, 1.82) is 0 Å². The van der Waals surface area contributed by atoms with Gasteiger partial charge in [-0.2, -0.15) is 5.10 Å². The number of nitrogens with zero attached hydrogens (tertiary/aromatic N) is 1. The molecule has 2 rings (SSSR count). The van der Waals surface area contributed by atoms with Gasteiger partial charge < -0.3 is 0 Å². The van der Waals surface area contributed by atoms with E-state index < -0.39 is 0 Å². The highest BCUT2D eigenvalue weighted by Crippen LogP contribution is 2.09. The summed E-state index contributed by atoms with van der Waals surface area (Å²) in [5.74, 6) is 5.26. The Hall–Kier alpha value is -1.72. The number of nitrogens with one attached hydrogen (secondary N) is 2. The van der Waals surface area contributed by atoms with E-state index in [-0.39, 0.29) is 11.9 Å². The van der Waals surface area contributed by atoms with Crippen LogP contribution in [0.4, 0.5) is 0 Å². The van der Waals surface area contributed by atoms with Crippen molar-refractivity contribution in [3.05, 3.63) is 35.9 Å². The van der Waals surface area contributed by atoms with Gasteiger partial charge >= 0.3 is 0 Å². The highest BCUT2D eigenvalue weighted by atomic mass is 16.2. The summed E-state index contributed by atoms with van der Waals surface area (Å²) in [5, 5.41) is 4.01. The molecule has 5 heteroatoms. The highest BCUT2D eigenvalue weighted by molar-refractivity contribution is 6.08. The molecule has 0 aromatic heterocycles. The quantitative estimate of drug-likeness (QED) is 0.459. The Labute approximate surface area is 87.3 Å². The Kier molecular flexibility index (Phi) is 2.75. The number of hydrazone groups is 1. The van der Waals surface area contributed by atoms with Gasteiger partial charge in [-0.25, -0.2) is 5.43 Å². The van der Waals surface area contributed by atoms with Crippen LogP contribution in [0.3, 0.4) is 0 Å². The van der Waals surface area contributed by atoms with Crippen LogP contribution in [0, 0.1) is 0 Å². The van der Waals surface area contributed by atoms with Crippen molar-refractivity contribution in [3.8, 4) is 0 Å². The molecule has 0 saturated carbocycles. The second-order valence-electron chi connectivity index (χ2n) is 3.32. The molecule has 0 radical (unpaired) electrons. The molecule has 5 nitrogen and oxygen atoms in total. The summed E-state index contributed by atoms with van der Waals surface area (Å²) in [4.78, 5) is 11.1. The third-order valence-electron chi connectivity index (χ3n) is 2.29. The molecular weight excluding hydrogens is 192 g/mol. The molecule has 78 valence electrons. The maximum atomic E-state index is 11.1. The summed E-state index contributed by atoms with van der Waals surface area (Å²) in [6.45, 7) is 0. The van der Waals surface area contributed by atoms with Crippen LogP contribution in [0.1, 0.15) is 12.0 Å². The zero-order chi connectivity index (χ0) is 10.7. The van der Waals surface area contributed by atoms with Crippen molar-refractivity contribution in [2.75, 3.05) is 0 Å². The van der Waals surface area contributed by atoms with E-state index in [1.807, 2.05) is 30.3 Å². The van der Waals surface area contributed by atoms with Crippen molar-refractivity contribution < 1.29 is 4.79 Å². The molecule has 1 unspecified atom stereocenters. The van der Waals surface area contributed by atoms with E-state index in [4.69, 9.17) is 5.84 Å². The summed E-state index contributed by atoms with van der Waals surface area (Å²) in [6, 6.07) is 9.41. The number of hydrogen-bond donors (Lipinski definition) is 3. The molecule has 0 fully saturated rings. The standard InChI is InChI=1S/C10H12N4O/c11-12-8-6-9(15)13-14-10(8)7-4-2-1-3-5-7/h1-5,8,12H,6,11H2,(H,13,15). The van der Waals surface area contributed by atoms with Gasteiger partial charge in [0.25, 0.3) is 0 Å². The molecule has 1 aromatic rings. The van der Waals surface area contributed by atoms with Crippen molar-refractivity contribution in [2.24, 2.45) is 10.9 Å². The number of amides is 1. The largest absolute Gasteiger partial charge is 0.273 e. The van der Waals surface area contributed by atoms with Gasteiger partial charge in [0.15, 0.2) is 0 Å². The fourth-order valence-electron chi connectivity index (χ4n) is 1.54. The Morgan fingerprint density at radius 3 is 2.80 bits per heavy atom. The lowest BCUT2D eigenvalue weighted by Crippen LogP contribution is -2.48.